The molecule has 1 aliphatic heterocycles. The Morgan fingerprint density at radius 2 is 2.27 bits per heavy atom. The number of methoxy groups -OCH3 is 1. The number of aromatic nitrogens is 2. The zero-order valence-corrected chi connectivity index (χ0v) is 13.2. The molecule has 1 aromatic rings. The van der Waals surface area contributed by atoms with E-state index < -0.39 is 5.97 Å². The average molecular weight is 308 g/mol. The molecule has 0 aromatic carbocycles. The average Bonchev–Trinajstić information content (AvgIpc) is 2.95. The number of rotatable bonds is 5. The van der Waals surface area contributed by atoms with Crippen LogP contribution in [0.5, 0.6) is 0 Å². The zero-order valence-electron chi connectivity index (χ0n) is 13.2. The topological polar surface area (TPSA) is 76.5 Å². The molecule has 1 saturated heterocycles. The van der Waals surface area contributed by atoms with E-state index in [-0.39, 0.29) is 18.6 Å². The van der Waals surface area contributed by atoms with E-state index in [9.17, 15) is 9.59 Å². The number of piperidine rings is 1. The van der Waals surface area contributed by atoms with Crippen LogP contribution in [0.2, 0.25) is 0 Å². The van der Waals surface area contributed by atoms with Crippen LogP contribution in [-0.4, -0.2) is 52.7 Å². The molecule has 1 fully saturated rings. The maximum atomic E-state index is 12.2. The lowest BCUT2D eigenvalue weighted by Crippen LogP contribution is -2.50. The molecule has 1 aliphatic rings. The van der Waals surface area contributed by atoms with Crippen molar-refractivity contribution in [3.8, 4) is 0 Å². The highest BCUT2D eigenvalue weighted by molar-refractivity contribution is 5.81. The quantitative estimate of drug-likeness (QED) is 0.832. The van der Waals surface area contributed by atoms with Gasteiger partial charge in [-0.25, -0.2) is 9.78 Å². The van der Waals surface area contributed by atoms with Crippen LogP contribution in [0, 0.1) is 6.92 Å². The maximum absolute atomic E-state index is 12.2. The lowest BCUT2D eigenvalue weighted by Gasteiger charge is -2.35. The number of nitrogens with zero attached hydrogens (tertiary/aromatic N) is 3. The van der Waals surface area contributed by atoms with Gasteiger partial charge in [-0.05, 0) is 32.6 Å². The van der Waals surface area contributed by atoms with Gasteiger partial charge < -0.3 is 19.5 Å². The molecule has 2 heterocycles. The number of esters is 1. The number of likely N-dealkylation sites (tertiary alicyclic amines) is 1. The summed E-state index contributed by atoms with van der Waals surface area (Å²) in [6.45, 7) is 3.47. The number of hydrogen-bond donors (Lipinski definition) is 1. The third-order valence-electron chi connectivity index (χ3n) is 4.13. The van der Waals surface area contributed by atoms with Crippen LogP contribution in [0.1, 0.15) is 31.5 Å². The van der Waals surface area contributed by atoms with Crippen molar-refractivity contribution in [2.75, 3.05) is 20.2 Å². The van der Waals surface area contributed by atoms with Gasteiger partial charge in [0.05, 0.1) is 7.11 Å². The molecule has 7 nitrogen and oxygen atoms in total. The normalized spacial score (nSPS) is 18.1. The molecule has 0 spiro atoms. The van der Waals surface area contributed by atoms with Gasteiger partial charge in [0.1, 0.15) is 12.4 Å². The van der Waals surface area contributed by atoms with E-state index in [0.717, 1.165) is 44.6 Å². The third kappa shape index (κ3) is 4.22. The summed E-state index contributed by atoms with van der Waals surface area (Å²) >= 11 is 0. The largest absolute Gasteiger partial charge is 0.468 e. The summed E-state index contributed by atoms with van der Waals surface area (Å²) in [5.41, 5.74) is 0. The molecular formula is C15H24N4O3. The standard InChI is InChI=1S/C15H24N4O3/c1-12-16-7-10-18(12)9-6-13-5-3-4-8-19(13)15(21)17-11-14(20)22-2/h7,10,13H,3-6,8-9,11H2,1-2H3,(H,17,21)/t13-/m0/s1. The number of aryl methyl sites for hydroxylation is 2. The van der Waals surface area contributed by atoms with E-state index in [1.54, 1.807) is 6.20 Å². The molecule has 7 heteroatoms. The molecule has 2 rings (SSSR count). The smallest absolute Gasteiger partial charge is 0.325 e. The first-order valence-electron chi connectivity index (χ1n) is 7.71. The predicted molar refractivity (Wildman–Crippen MR) is 81.3 cm³/mol. The van der Waals surface area contributed by atoms with Crippen molar-refractivity contribution in [1.82, 2.24) is 19.8 Å². The maximum Gasteiger partial charge on any atom is 0.325 e. The van der Waals surface area contributed by atoms with Crippen LogP contribution in [0.4, 0.5) is 4.79 Å². The zero-order chi connectivity index (χ0) is 15.9. The van der Waals surface area contributed by atoms with Gasteiger partial charge in [0.2, 0.25) is 0 Å². The van der Waals surface area contributed by atoms with Crippen molar-refractivity contribution in [1.29, 1.82) is 0 Å². The number of ether oxygens (including phenoxy) is 1. The molecule has 0 bridgehead atoms. The molecule has 1 N–H and O–H groups in total. The molecule has 122 valence electrons. The first kappa shape index (κ1) is 16.3. The Labute approximate surface area is 130 Å². The summed E-state index contributed by atoms with van der Waals surface area (Å²) in [5, 5.41) is 2.63. The van der Waals surface area contributed by atoms with Gasteiger partial charge in [-0.2, -0.15) is 0 Å². The Hall–Kier alpha value is -2.05. The Balaban J connectivity index is 1.88. The summed E-state index contributed by atoms with van der Waals surface area (Å²) in [4.78, 5) is 29.4. The van der Waals surface area contributed by atoms with Crippen LogP contribution < -0.4 is 5.32 Å². The summed E-state index contributed by atoms with van der Waals surface area (Å²) in [6.07, 6.45) is 7.78. The first-order valence-corrected chi connectivity index (χ1v) is 7.71. The second-order valence-corrected chi connectivity index (χ2v) is 5.53. The van der Waals surface area contributed by atoms with Gasteiger partial charge in [-0.3, -0.25) is 4.79 Å². The van der Waals surface area contributed by atoms with Crippen molar-refractivity contribution >= 4 is 12.0 Å². The Kier molecular flexibility index (Phi) is 5.80. The van der Waals surface area contributed by atoms with Gasteiger partial charge in [-0.15, -0.1) is 0 Å². The van der Waals surface area contributed by atoms with E-state index in [4.69, 9.17) is 0 Å². The minimum atomic E-state index is -0.434. The minimum absolute atomic E-state index is 0.0841. The lowest BCUT2D eigenvalue weighted by atomic mass is 9.99. The van der Waals surface area contributed by atoms with Crippen LogP contribution in [0.25, 0.3) is 0 Å². The minimum Gasteiger partial charge on any atom is -0.468 e. The van der Waals surface area contributed by atoms with E-state index >= 15 is 0 Å². The molecule has 1 aromatic heterocycles. The second kappa shape index (κ2) is 7.82. The summed E-state index contributed by atoms with van der Waals surface area (Å²) < 4.78 is 6.64. The fourth-order valence-corrected chi connectivity index (χ4v) is 2.82. The number of amides is 2. The molecule has 0 radical (unpaired) electrons. The Morgan fingerprint density at radius 3 is 2.95 bits per heavy atom. The van der Waals surface area contributed by atoms with Crippen LogP contribution in [-0.2, 0) is 16.1 Å². The van der Waals surface area contributed by atoms with E-state index in [0.29, 0.717) is 0 Å². The number of hydrogen-bond acceptors (Lipinski definition) is 4. The van der Waals surface area contributed by atoms with E-state index in [1.165, 1.54) is 7.11 Å². The number of carbonyl (C=O) groups excluding carboxylic acids is 2. The van der Waals surface area contributed by atoms with Gasteiger partial charge in [0, 0.05) is 31.5 Å². The highest BCUT2D eigenvalue weighted by Crippen LogP contribution is 2.20. The predicted octanol–water partition coefficient (Wildman–Crippen LogP) is 1.32. The van der Waals surface area contributed by atoms with E-state index in [1.807, 2.05) is 18.0 Å². The van der Waals surface area contributed by atoms with E-state index in [2.05, 4.69) is 19.6 Å². The molecule has 1 atom stereocenters. The fraction of sp³-hybridized carbons (Fsp3) is 0.667. The van der Waals surface area contributed by atoms with Crippen LogP contribution >= 0.6 is 0 Å². The molecule has 2 amide bonds. The summed E-state index contributed by atoms with van der Waals surface area (Å²) in [7, 11) is 1.31. The Morgan fingerprint density at radius 1 is 1.45 bits per heavy atom. The van der Waals surface area contributed by atoms with Crippen LogP contribution in [0.15, 0.2) is 12.4 Å². The molecule has 0 saturated carbocycles. The lowest BCUT2D eigenvalue weighted by molar-refractivity contribution is -0.139. The summed E-state index contributed by atoms with van der Waals surface area (Å²) in [6, 6.07) is 0.0191. The number of imidazole rings is 1. The van der Waals surface area contributed by atoms with Gasteiger partial charge in [-0.1, -0.05) is 0 Å². The fourth-order valence-electron chi connectivity index (χ4n) is 2.82. The monoisotopic (exact) mass is 308 g/mol. The summed E-state index contributed by atoms with van der Waals surface area (Å²) in [5.74, 6) is 0.549. The molecule has 0 aliphatic carbocycles. The van der Waals surface area contributed by atoms with Crippen LogP contribution in [0.3, 0.4) is 0 Å². The number of urea groups is 1. The van der Waals surface area contributed by atoms with Crippen molar-refractivity contribution in [2.24, 2.45) is 0 Å². The van der Waals surface area contributed by atoms with Crippen molar-refractivity contribution in [3.05, 3.63) is 18.2 Å². The molecule has 22 heavy (non-hydrogen) atoms. The van der Waals surface area contributed by atoms with Crippen molar-refractivity contribution < 1.29 is 14.3 Å². The first-order chi connectivity index (χ1) is 10.6. The molecule has 0 unspecified atom stereocenters. The number of carbonyl (C=O) groups is 2. The Bertz CT molecular complexity index is 515. The van der Waals surface area contributed by atoms with Gasteiger partial charge in [0.15, 0.2) is 0 Å². The number of nitrogens with one attached hydrogen (secondary N) is 1. The van der Waals surface area contributed by atoms with Gasteiger partial charge >= 0.3 is 12.0 Å². The van der Waals surface area contributed by atoms with Crippen molar-refractivity contribution in [3.63, 3.8) is 0 Å². The second-order valence-electron chi connectivity index (χ2n) is 5.53. The SMILES string of the molecule is COC(=O)CNC(=O)N1CCCC[C@H]1CCn1ccnc1C. The van der Waals surface area contributed by atoms with Crippen molar-refractivity contribution in [2.45, 2.75) is 45.2 Å². The molecular weight excluding hydrogens is 284 g/mol. The highest BCUT2D eigenvalue weighted by Gasteiger charge is 2.26. The van der Waals surface area contributed by atoms with Gasteiger partial charge in [0.25, 0.3) is 0 Å². The highest BCUT2D eigenvalue weighted by atomic mass is 16.5. The third-order valence-corrected chi connectivity index (χ3v) is 4.13.